The third-order valence-corrected chi connectivity index (χ3v) is 4.48. The van der Waals surface area contributed by atoms with Crippen LogP contribution in [0.2, 0.25) is 0 Å². The minimum Gasteiger partial charge on any atom is -0.360 e. The fourth-order valence-corrected chi connectivity index (χ4v) is 3.23. The number of hydrogen-bond acceptors (Lipinski definition) is 3. The van der Waals surface area contributed by atoms with Gasteiger partial charge in [-0.1, -0.05) is 30.3 Å². The van der Waals surface area contributed by atoms with Crippen molar-refractivity contribution in [2.45, 2.75) is 25.7 Å². The molecule has 1 aromatic rings. The molecular formula is C17H21N3O2. The van der Waals surface area contributed by atoms with Crippen LogP contribution in [0, 0.1) is 11.3 Å². The summed E-state index contributed by atoms with van der Waals surface area (Å²) in [6.07, 6.45) is 2.99. The van der Waals surface area contributed by atoms with E-state index < -0.39 is 5.92 Å². The third-order valence-electron chi connectivity index (χ3n) is 4.48. The van der Waals surface area contributed by atoms with E-state index in [0.717, 1.165) is 31.5 Å². The maximum Gasteiger partial charge on any atom is 0.239 e. The van der Waals surface area contributed by atoms with Gasteiger partial charge < -0.3 is 4.90 Å². The van der Waals surface area contributed by atoms with Gasteiger partial charge in [-0.3, -0.25) is 19.9 Å². The summed E-state index contributed by atoms with van der Waals surface area (Å²) in [5.74, 6) is -0.388. The number of nitrogens with zero attached hydrogens (tertiary/aromatic N) is 2. The molecule has 3 rings (SSSR count). The number of carbonyl (C=O) groups is 2. The summed E-state index contributed by atoms with van der Waals surface area (Å²) in [6, 6.07) is 9.47. The molecule has 0 spiro atoms. The van der Waals surface area contributed by atoms with E-state index in [1.165, 1.54) is 4.90 Å². The number of likely N-dealkylation sites (tertiary alicyclic amines) is 2. The lowest BCUT2D eigenvalue weighted by Crippen LogP contribution is -2.40. The van der Waals surface area contributed by atoms with Crippen molar-refractivity contribution >= 4 is 17.6 Å². The summed E-state index contributed by atoms with van der Waals surface area (Å²) in [6.45, 7) is 2.16. The van der Waals surface area contributed by atoms with Gasteiger partial charge in [-0.05, 0) is 24.8 Å². The van der Waals surface area contributed by atoms with E-state index in [4.69, 9.17) is 5.41 Å². The van der Waals surface area contributed by atoms with E-state index in [1.54, 1.807) is 0 Å². The van der Waals surface area contributed by atoms with Crippen molar-refractivity contribution in [3.05, 3.63) is 35.9 Å². The fraction of sp³-hybridized carbons (Fsp3) is 0.471. The predicted octanol–water partition coefficient (Wildman–Crippen LogP) is 1.68. The highest BCUT2D eigenvalue weighted by atomic mass is 16.2. The lowest BCUT2D eigenvalue weighted by atomic mass is 10.1. The van der Waals surface area contributed by atoms with Crippen molar-refractivity contribution in [2.24, 2.45) is 5.92 Å². The number of amides is 2. The molecule has 1 aromatic carbocycles. The Morgan fingerprint density at radius 1 is 1.14 bits per heavy atom. The molecule has 2 saturated heterocycles. The standard InChI is InChI=1S/C17H21N3O2/c18-16(19-9-4-5-10-19)14-8-11-20(17(14)22)15(21)12-13-6-2-1-3-7-13/h1-3,6-7,14,18H,4-5,8-12H2. The van der Waals surface area contributed by atoms with E-state index in [0.29, 0.717) is 18.8 Å². The first-order valence-electron chi connectivity index (χ1n) is 7.88. The molecule has 116 valence electrons. The lowest BCUT2D eigenvalue weighted by molar-refractivity contribution is -0.142. The van der Waals surface area contributed by atoms with Gasteiger partial charge in [0.2, 0.25) is 11.8 Å². The Kier molecular flexibility index (Phi) is 4.22. The molecule has 2 aliphatic heterocycles. The summed E-state index contributed by atoms with van der Waals surface area (Å²) >= 11 is 0. The largest absolute Gasteiger partial charge is 0.360 e. The third kappa shape index (κ3) is 2.89. The zero-order chi connectivity index (χ0) is 15.5. The van der Waals surface area contributed by atoms with Crippen LogP contribution in [-0.2, 0) is 16.0 Å². The number of benzene rings is 1. The first-order valence-corrected chi connectivity index (χ1v) is 7.88. The highest BCUT2D eigenvalue weighted by Gasteiger charge is 2.39. The number of carbonyl (C=O) groups excluding carboxylic acids is 2. The summed E-state index contributed by atoms with van der Waals surface area (Å²) < 4.78 is 0. The molecule has 2 heterocycles. The zero-order valence-electron chi connectivity index (χ0n) is 12.6. The average molecular weight is 299 g/mol. The van der Waals surface area contributed by atoms with E-state index in [2.05, 4.69) is 0 Å². The molecule has 0 aliphatic carbocycles. The molecule has 5 nitrogen and oxygen atoms in total. The van der Waals surface area contributed by atoms with Crippen molar-refractivity contribution in [3.63, 3.8) is 0 Å². The summed E-state index contributed by atoms with van der Waals surface area (Å²) in [5.41, 5.74) is 0.915. The van der Waals surface area contributed by atoms with Crippen molar-refractivity contribution in [3.8, 4) is 0 Å². The Labute approximate surface area is 130 Å². The van der Waals surface area contributed by atoms with Crippen LogP contribution in [0.5, 0.6) is 0 Å². The Balaban J connectivity index is 1.63. The average Bonchev–Trinajstić information content (AvgIpc) is 3.17. The second kappa shape index (κ2) is 6.30. The molecule has 0 saturated carbocycles. The number of imide groups is 1. The topological polar surface area (TPSA) is 64.5 Å². The molecule has 1 N–H and O–H groups in total. The van der Waals surface area contributed by atoms with Gasteiger partial charge in [-0.25, -0.2) is 0 Å². The first kappa shape index (κ1) is 14.8. The maximum atomic E-state index is 12.5. The normalized spacial score (nSPS) is 21.5. The number of nitrogens with one attached hydrogen (secondary N) is 1. The second-order valence-corrected chi connectivity index (χ2v) is 5.97. The molecule has 0 radical (unpaired) electrons. The lowest BCUT2D eigenvalue weighted by Gasteiger charge is -2.22. The minimum atomic E-state index is -0.433. The fourth-order valence-electron chi connectivity index (χ4n) is 3.23. The molecule has 22 heavy (non-hydrogen) atoms. The van der Waals surface area contributed by atoms with Gasteiger partial charge in [0, 0.05) is 19.6 Å². The van der Waals surface area contributed by atoms with Gasteiger partial charge in [0.05, 0.1) is 12.3 Å². The monoisotopic (exact) mass is 299 g/mol. The molecule has 2 aliphatic rings. The second-order valence-electron chi connectivity index (χ2n) is 5.97. The summed E-state index contributed by atoms with van der Waals surface area (Å²) in [4.78, 5) is 28.1. The van der Waals surface area contributed by atoms with Gasteiger partial charge >= 0.3 is 0 Å². The highest BCUT2D eigenvalue weighted by Crippen LogP contribution is 2.23. The van der Waals surface area contributed by atoms with Crippen LogP contribution in [0.1, 0.15) is 24.8 Å². The van der Waals surface area contributed by atoms with Gasteiger partial charge in [0.1, 0.15) is 5.84 Å². The predicted molar refractivity (Wildman–Crippen MR) is 83.5 cm³/mol. The minimum absolute atomic E-state index is 0.159. The van der Waals surface area contributed by atoms with Gasteiger partial charge in [-0.2, -0.15) is 0 Å². The van der Waals surface area contributed by atoms with Crippen LogP contribution in [0.3, 0.4) is 0 Å². The number of amidine groups is 1. The van der Waals surface area contributed by atoms with E-state index >= 15 is 0 Å². The van der Waals surface area contributed by atoms with Crippen molar-refractivity contribution in [2.75, 3.05) is 19.6 Å². The van der Waals surface area contributed by atoms with Crippen LogP contribution in [-0.4, -0.2) is 47.1 Å². The molecule has 5 heteroatoms. The smallest absolute Gasteiger partial charge is 0.239 e. The molecule has 2 fully saturated rings. The molecule has 0 bridgehead atoms. The quantitative estimate of drug-likeness (QED) is 0.682. The molecule has 1 atom stereocenters. The molecule has 1 unspecified atom stereocenters. The van der Waals surface area contributed by atoms with E-state index in [9.17, 15) is 9.59 Å². The van der Waals surface area contributed by atoms with Crippen molar-refractivity contribution in [1.29, 1.82) is 5.41 Å². The van der Waals surface area contributed by atoms with E-state index in [-0.39, 0.29) is 18.2 Å². The van der Waals surface area contributed by atoms with Gasteiger partial charge in [0.15, 0.2) is 0 Å². The number of rotatable bonds is 3. The SMILES string of the molecule is N=C(C1CCN(C(=O)Cc2ccccc2)C1=O)N1CCCC1. The molecular weight excluding hydrogens is 278 g/mol. The van der Waals surface area contributed by atoms with Crippen LogP contribution in [0.25, 0.3) is 0 Å². The molecule has 0 aromatic heterocycles. The van der Waals surface area contributed by atoms with Crippen LogP contribution >= 0.6 is 0 Å². The Hall–Kier alpha value is -2.17. The summed E-state index contributed by atoms with van der Waals surface area (Å²) in [5, 5.41) is 8.23. The van der Waals surface area contributed by atoms with Gasteiger partial charge in [0.25, 0.3) is 0 Å². The van der Waals surface area contributed by atoms with E-state index in [1.807, 2.05) is 35.2 Å². The Morgan fingerprint density at radius 2 is 1.82 bits per heavy atom. The maximum absolute atomic E-state index is 12.5. The Bertz CT molecular complexity index is 579. The highest BCUT2D eigenvalue weighted by molar-refractivity contribution is 6.09. The zero-order valence-corrected chi connectivity index (χ0v) is 12.6. The van der Waals surface area contributed by atoms with Crippen molar-refractivity contribution in [1.82, 2.24) is 9.80 Å². The number of hydrogen-bond donors (Lipinski definition) is 1. The van der Waals surface area contributed by atoms with Crippen LogP contribution < -0.4 is 0 Å². The van der Waals surface area contributed by atoms with Crippen molar-refractivity contribution < 1.29 is 9.59 Å². The van der Waals surface area contributed by atoms with Gasteiger partial charge in [-0.15, -0.1) is 0 Å². The summed E-state index contributed by atoms with van der Waals surface area (Å²) in [7, 11) is 0. The Morgan fingerprint density at radius 3 is 2.50 bits per heavy atom. The van der Waals surface area contributed by atoms with Crippen LogP contribution in [0.4, 0.5) is 0 Å². The first-order chi connectivity index (χ1) is 10.7. The van der Waals surface area contributed by atoms with Crippen LogP contribution in [0.15, 0.2) is 30.3 Å². The molecule has 2 amide bonds.